The third-order valence-electron chi connectivity index (χ3n) is 4.50. The molecule has 0 bridgehead atoms. The molecular weight excluding hydrogens is 346 g/mol. The molecule has 0 spiro atoms. The van der Waals surface area contributed by atoms with Crippen molar-refractivity contribution in [2.24, 2.45) is 0 Å². The van der Waals surface area contributed by atoms with E-state index < -0.39 is 0 Å². The molecule has 1 N–H and O–H groups in total. The van der Waals surface area contributed by atoms with Crippen LogP contribution >= 0.6 is 0 Å². The van der Waals surface area contributed by atoms with E-state index in [2.05, 4.69) is 5.32 Å². The van der Waals surface area contributed by atoms with Gasteiger partial charge in [0.2, 0.25) is 0 Å². The summed E-state index contributed by atoms with van der Waals surface area (Å²) in [6.07, 6.45) is 2.30. The fourth-order valence-electron chi connectivity index (χ4n) is 2.97. The fraction of sp³-hybridized carbons (Fsp3) is 0.381. The molecule has 1 amide bonds. The monoisotopic (exact) mass is 371 g/mol. The van der Waals surface area contributed by atoms with E-state index in [0.29, 0.717) is 30.2 Å². The third kappa shape index (κ3) is 5.14. The van der Waals surface area contributed by atoms with Gasteiger partial charge in [0, 0.05) is 24.3 Å². The average Bonchev–Trinajstić information content (AvgIpc) is 3.24. The lowest BCUT2D eigenvalue weighted by Crippen LogP contribution is -2.23. The summed E-state index contributed by atoms with van der Waals surface area (Å²) in [4.78, 5) is 12.4. The molecule has 1 atom stereocenters. The highest BCUT2D eigenvalue weighted by Gasteiger charge is 2.16. The van der Waals surface area contributed by atoms with Gasteiger partial charge in [-0.05, 0) is 55.3 Å². The molecule has 1 fully saturated rings. The molecule has 0 saturated carbocycles. The predicted octanol–water partition coefficient (Wildman–Crippen LogP) is 3.19. The second-order valence-electron chi connectivity index (χ2n) is 6.33. The largest absolute Gasteiger partial charge is 0.497 e. The maximum Gasteiger partial charge on any atom is 0.251 e. The first-order chi connectivity index (χ1) is 13.2. The van der Waals surface area contributed by atoms with Crippen molar-refractivity contribution in [1.29, 1.82) is 0 Å². The molecule has 2 aromatic rings. The summed E-state index contributed by atoms with van der Waals surface area (Å²) in [7, 11) is 3.20. The normalized spacial score (nSPS) is 16.0. The standard InChI is InChI=1S/C21H25NO5/c1-24-18-9-10-20(25-2)16(12-18)13-22-21(23)15-5-7-17(8-6-15)27-14-19-4-3-11-26-19/h5-10,12,19H,3-4,11,13-14H2,1-2H3,(H,22,23)/t19-/m0/s1. The molecule has 144 valence electrons. The van der Waals surface area contributed by atoms with Gasteiger partial charge in [0.05, 0.1) is 20.3 Å². The first-order valence-electron chi connectivity index (χ1n) is 9.03. The molecule has 0 aliphatic carbocycles. The number of ether oxygens (including phenoxy) is 4. The number of carbonyl (C=O) groups is 1. The second kappa shape index (κ2) is 9.28. The Morgan fingerprint density at radius 2 is 1.89 bits per heavy atom. The molecule has 27 heavy (non-hydrogen) atoms. The van der Waals surface area contributed by atoms with E-state index in [1.165, 1.54) is 0 Å². The Kier molecular flexibility index (Phi) is 6.54. The van der Waals surface area contributed by atoms with E-state index >= 15 is 0 Å². The third-order valence-corrected chi connectivity index (χ3v) is 4.50. The van der Waals surface area contributed by atoms with Crippen LogP contribution in [0.4, 0.5) is 0 Å². The summed E-state index contributed by atoms with van der Waals surface area (Å²) in [5, 5.41) is 2.90. The van der Waals surface area contributed by atoms with E-state index in [1.807, 2.05) is 18.2 Å². The Labute approximate surface area is 159 Å². The number of rotatable bonds is 8. The summed E-state index contributed by atoms with van der Waals surface area (Å²) in [5.41, 5.74) is 1.42. The van der Waals surface area contributed by atoms with Gasteiger partial charge in [0.25, 0.3) is 5.91 Å². The van der Waals surface area contributed by atoms with E-state index in [4.69, 9.17) is 18.9 Å². The number of nitrogens with one attached hydrogen (secondary N) is 1. The zero-order valence-electron chi connectivity index (χ0n) is 15.7. The van der Waals surface area contributed by atoms with Crippen LogP contribution in [0.15, 0.2) is 42.5 Å². The number of methoxy groups -OCH3 is 2. The van der Waals surface area contributed by atoms with Gasteiger partial charge < -0.3 is 24.3 Å². The van der Waals surface area contributed by atoms with Crippen LogP contribution in [0.5, 0.6) is 17.2 Å². The van der Waals surface area contributed by atoms with Crippen molar-refractivity contribution in [3.05, 3.63) is 53.6 Å². The molecule has 1 heterocycles. The molecule has 3 rings (SSSR count). The van der Waals surface area contributed by atoms with Crippen LogP contribution in [0.1, 0.15) is 28.8 Å². The van der Waals surface area contributed by atoms with Gasteiger partial charge in [-0.3, -0.25) is 4.79 Å². The highest BCUT2D eigenvalue weighted by molar-refractivity contribution is 5.94. The number of hydrogen-bond acceptors (Lipinski definition) is 5. The van der Waals surface area contributed by atoms with Gasteiger partial charge in [0.15, 0.2) is 0 Å². The molecule has 0 radical (unpaired) electrons. The summed E-state index contributed by atoms with van der Waals surface area (Å²) in [6, 6.07) is 12.6. The Balaban J connectivity index is 1.55. The molecule has 0 aromatic heterocycles. The van der Waals surface area contributed by atoms with Gasteiger partial charge in [-0.2, -0.15) is 0 Å². The summed E-state index contributed by atoms with van der Waals surface area (Å²) >= 11 is 0. The molecule has 6 nitrogen and oxygen atoms in total. The van der Waals surface area contributed by atoms with Crippen molar-refractivity contribution in [3.8, 4) is 17.2 Å². The minimum atomic E-state index is -0.162. The van der Waals surface area contributed by atoms with Crippen molar-refractivity contribution >= 4 is 5.91 Å². The average molecular weight is 371 g/mol. The van der Waals surface area contributed by atoms with Crippen molar-refractivity contribution < 1.29 is 23.7 Å². The van der Waals surface area contributed by atoms with Crippen molar-refractivity contribution in [2.75, 3.05) is 27.4 Å². The van der Waals surface area contributed by atoms with Crippen LogP contribution in [0.2, 0.25) is 0 Å². The van der Waals surface area contributed by atoms with Gasteiger partial charge >= 0.3 is 0 Å². The molecule has 1 aliphatic heterocycles. The van der Waals surface area contributed by atoms with Crippen LogP contribution in [-0.4, -0.2) is 39.4 Å². The Hall–Kier alpha value is -2.73. The van der Waals surface area contributed by atoms with Gasteiger partial charge in [0.1, 0.15) is 23.9 Å². The lowest BCUT2D eigenvalue weighted by molar-refractivity contribution is 0.0679. The van der Waals surface area contributed by atoms with Crippen LogP contribution in [-0.2, 0) is 11.3 Å². The number of amides is 1. The maximum atomic E-state index is 12.4. The summed E-state index contributed by atoms with van der Waals surface area (Å²) in [5.74, 6) is 1.99. The second-order valence-corrected chi connectivity index (χ2v) is 6.33. The summed E-state index contributed by atoms with van der Waals surface area (Å²) < 4.78 is 21.8. The molecule has 0 unspecified atom stereocenters. The zero-order valence-corrected chi connectivity index (χ0v) is 15.7. The quantitative estimate of drug-likeness (QED) is 0.772. The topological polar surface area (TPSA) is 66.0 Å². The smallest absolute Gasteiger partial charge is 0.251 e. The van der Waals surface area contributed by atoms with Gasteiger partial charge in [-0.15, -0.1) is 0 Å². The highest BCUT2D eigenvalue weighted by Crippen LogP contribution is 2.24. The van der Waals surface area contributed by atoms with Gasteiger partial charge in [-0.25, -0.2) is 0 Å². The van der Waals surface area contributed by atoms with Gasteiger partial charge in [-0.1, -0.05) is 0 Å². The Bertz CT molecular complexity index is 754. The molecule has 1 saturated heterocycles. The van der Waals surface area contributed by atoms with Crippen molar-refractivity contribution in [3.63, 3.8) is 0 Å². The van der Waals surface area contributed by atoms with Crippen molar-refractivity contribution in [2.45, 2.75) is 25.5 Å². The lowest BCUT2D eigenvalue weighted by atomic mass is 10.1. The highest BCUT2D eigenvalue weighted by atomic mass is 16.5. The number of hydrogen-bond donors (Lipinski definition) is 1. The predicted molar refractivity (Wildman–Crippen MR) is 102 cm³/mol. The lowest BCUT2D eigenvalue weighted by Gasteiger charge is -2.13. The molecule has 2 aromatic carbocycles. The SMILES string of the molecule is COc1ccc(OC)c(CNC(=O)c2ccc(OC[C@@H]3CCCO3)cc2)c1. The summed E-state index contributed by atoms with van der Waals surface area (Å²) in [6.45, 7) is 1.70. The van der Waals surface area contributed by atoms with E-state index in [0.717, 1.165) is 30.8 Å². The Morgan fingerprint density at radius 3 is 2.56 bits per heavy atom. The number of carbonyl (C=O) groups excluding carboxylic acids is 1. The maximum absolute atomic E-state index is 12.4. The van der Waals surface area contributed by atoms with Crippen LogP contribution in [0.25, 0.3) is 0 Å². The molecule has 6 heteroatoms. The first kappa shape index (κ1) is 19.0. The van der Waals surface area contributed by atoms with Crippen molar-refractivity contribution in [1.82, 2.24) is 5.32 Å². The van der Waals surface area contributed by atoms with Crippen LogP contribution in [0, 0.1) is 0 Å². The minimum Gasteiger partial charge on any atom is -0.497 e. The van der Waals surface area contributed by atoms with E-state index in [9.17, 15) is 4.79 Å². The molecule has 1 aliphatic rings. The van der Waals surface area contributed by atoms with E-state index in [-0.39, 0.29) is 12.0 Å². The van der Waals surface area contributed by atoms with Crippen LogP contribution in [0.3, 0.4) is 0 Å². The first-order valence-corrected chi connectivity index (χ1v) is 9.03. The minimum absolute atomic E-state index is 0.162. The fourth-order valence-corrected chi connectivity index (χ4v) is 2.97. The Morgan fingerprint density at radius 1 is 1.11 bits per heavy atom. The van der Waals surface area contributed by atoms with E-state index in [1.54, 1.807) is 38.5 Å². The molecular formula is C21H25NO5. The number of benzene rings is 2. The zero-order chi connectivity index (χ0) is 19.1. The van der Waals surface area contributed by atoms with Crippen LogP contribution < -0.4 is 19.5 Å².